The molecule has 4 aliphatic carbocycles. The Hall–Kier alpha value is 0.199. The molecule has 0 aromatic rings. The van der Waals surface area contributed by atoms with Crippen LogP contribution in [0, 0.1) is 47.3 Å². The summed E-state index contributed by atoms with van der Waals surface area (Å²) >= 11 is 0. The minimum Gasteiger partial charge on any atom is -0.286 e. The van der Waals surface area contributed by atoms with Gasteiger partial charge in [-0.15, -0.1) is 0 Å². The monoisotopic (exact) mass is 608 g/mol. The number of hydrogen-bond acceptors (Lipinski definition) is 8. The Morgan fingerprint density at radius 2 is 0.341 bits per heavy atom. The van der Waals surface area contributed by atoms with E-state index in [0.717, 1.165) is 47.3 Å². The third-order valence-corrected chi connectivity index (χ3v) is 13.8. The molecule has 9 rings (SSSR count). The summed E-state index contributed by atoms with van der Waals surface area (Å²) in [6, 6.07) is 0. The van der Waals surface area contributed by atoms with Crippen molar-refractivity contribution in [3.05, 3.63) is 0 Å². The fraction of sp³-hybridized carbons (Fsp3) is 1.00. The van der Waals surface area contributed by atoms with E-state index in [9.17, 15) is 0 Å². The molecule has 8 nitrogen and oxygen atoms in total. The molecule has 8 bridgehead atoms. The molecule has 9 heteroatoms. The Morgan fingerprint density at radius 3 is 0.463 bits per heavy atom. The van der Waals surface area contributed by atoms with Crippen LogP contribution in [0.1, 0.15) is 103 Å². The van der Waals surface area contributed by atoms with Gasteiger partial charge in [-0.2, -0.15) is 0 Å². The molecule has 232 valence electrons. The molecule has 8 atom stereocenters. The van der Waals surface area contributed by atoms with Crippen LogP contribution in [0.15, 0.2) is 0 Å². The first-order valence-corrected chi connectivity index (χ1v) is 17.9. The van der Waals surface area contributed by atoms with Gasteiger partial charge in [0.25, 0.3) is 0 Å². The Kier molecular flexibility index (Phi) is 8.28. The van der Waals surface area contributed by atoms with Gasteiger partial charge in [0.2, 0.25) is 0 Å². The molecule has 8 N–H and O–H groups in total. The van der Waals surface area contributed by atoms with Crippen molar-refractivity contribution in [2.45, 2.75) is 152 Å². The van der Waals surface area contributed by atoms with Crippen molar-refractivity contribution < 1.29 is 17.1 Å². The first kappa shape index (κ1) is 28.7. The summed E-state index contributed by atoms with van der Waals surface area (Å²) in [5, 5.41) is 33.8. The van der Waals surface area contributed by atoms with Crippen LogP contribution < -0.4 is 42.5 Å². The predicted octanol–water partition coefficient (Wildman–Crippen LogP) is 2.60. The quantitative estimate of drug-likeness (QED) is 0.199. The molecule has 0 amide bonds. The zero-order chi connectivity index (χ0) is 26.2. The van der Waals surface area contributed by atoms with Gasteiger partial charge in [0.1, 0.15) is 0 Å². The summed E-state index contributed by atoms with van der Waals surface area (Å²) < 4.78 is 0. The standard InChI is InChI=1S/C32H56N8.Fe/c1-2-10-18-17(9-1)25-33-26(18)38-28-21-13-5-6-14-22(21)30(35-28)40-32-24-16-8-7-15-23(24)31(36-32)39-29-20-12-4-3-11-19(20)27(34-29)37-25;/h17-40H,1-16H2;. The Balaban J connectivity index is 0.00000256. The second-order valence-corrected chi connectivity index (χ2v) is 15.6. The molecule has 9 aliphatic rings. The van der Waals surface area contributed by atoms with Crippen molar-refractivity contribution >= 4 is 0 Å². The van der Waals surface area contributed by atoms with Crippen LogP contribution in [0.25, 0.3) is 0 Å². The van der Waals surface area contributed by atoms with Crippen LogP contribution in [0.5, 0.6) is 0 Å². The van der Waals surface area contributed by atoms with Crippen LogP contribution in [-0.2, 0) is 17.1 Å². The third-order valence-electron chi connectivity index (χ3n) is 13.8. The van der Waals surface area contributed by atoms with Gasteiger partial charge in [-0.3, -0.25) is 42.5 Å². The van der Waals surface area contributed by atoms with E-state index < -0.39 is 0 Å². The molecule has 0 aromatic heterocycles. The maximum Gasteiger partial charge on any atom is 0.0628 e. The molecule has 5 heterocycles. The first-order chi connectivity index (χ1) is 19.8. The molecule has 8 unspecified atom stereocenters. The number of hydrogen-bond donors (Lipinski definition) is 8. The van der Waals surface area contributed by atoms with Gasteiger partial charge in [-0.25, -0.2) is 0 Å². The summed E-state index contributed by atoms with van der Waals surface area (Å²) in [5.74, 6) is 5.97. The van der Waals surface area contributed by atoms with Crippen LogP contribution in [0.4, 0.5) is 0 Å². The molecule has 9 fully saturated rings. The summed E-state index contributed by atoms with van der Waals surface area (Å²) in [7, 11) is 0. The molecule has 0 aromatic carbocycles. The zero-order valence-electron chi connectivity index (χ0n) is 24.9. The molecule has 0 spiro atoms. The third kappa shape index (κ3) is 5.01. The van der Waals surface area contributed by atoms with Crippen molar-refractivity contribution in [2.75, 3.05) is 0 Å². The van der Waals surface area contributed by atoms with E-state index in [1.165, 1.54) is 103 Å². The van der Waals surface area contributed by atoms with E-state index >= 15 is 0 Å². The van der Waals surface area contributed by atoms with Crippen molar-refractivity contribution in [1.29, 1.82) is 0 Å². The normalized spacial score (nSPS) is 56.2. The topological polar surface area (TPSA) is 96.2 Å². The number of nitrogens with one attached hydrogen (secondary N) is 8. The van der Waals surface area contributed by atoms with E-state index in [1.807, 2.05) is 0 Å². The van der Waals surface area contributed by atoms with Gasteiger partial charge in [-0.1, -0.05) is 51.4 Å². The molecular formula is C32H56FeN8. The van der Waals surface area contributed by atoms with Gasteiger partial charge in [0.15, 0.2) is 0 Å². The maximum atomic E-state index is 4.26. The smallest absolute Gasteiger partial charge is 0.0628 e. The van der Waals surface area contributed by atoms with Crippen LogP contribution in [-0.4, -0.2) is 49.3 Å². The average Bonchev–Trinajstić information content (AvgIpc) is 3.73. The van der Waals surface area contributed by atoms with Gasteiger partial charge in [-0.05, 0) is 98.7 Å². The minimum absolute atomic E-state index is 0. The van der Waals surface area contributed by atoms with E-state index in [0.29, 0.717) is 49.3 Å². The van der Waals surface area contributed by atoms with Crippen LogP contribution in [0.3, 0.4) is 0 Å². The van der Waals surface area contributed by atoms with E-state index in [1.54, 1.807) is 0 Å². The predicted molar refractivity (Wildman–Crippen MR) is 157 cm³/mol. The molecular weight excluding hydrogens is 552 g/mol. The summed E-state index contributed by atoms with van der Waals surface area (Å²) in [6.07, 6.45) is 25.6. The zero-order valence-corrected chi connectivity index (χ0v) is 26.0. The second kappa shape index (κ2) is 11.8. The van der Waals surface area contributed by atoms with E-state index in [2.05, 4.69) is 42.5 Å². The Bertz CT molecular complexity index is 716. The largest absolute Gasteiger partial charge is 0.286 e. The van der Waals surface area contributed by atoms with Gasteiger partial charge >= 0.3 is 0 Å². The van der Waals surface area contributed by atoms with Crippen molar-refractivity contribution in [1.82, 2.24) is 42.5 Å². The van der Waals surface area contributed by atoms with Crippen LogP contribution >= 0.6 is 0 Å². The van der Waals surface area contributed by atoms with E-state index in [-0.39, 0.29) is 17.1 Å². The number of rotatable bonds is 0. The van der Waals surface area contributed by atoms with E-state index in [4.69, 9.17) is 0 Å². The van der Waals surface area contributed by atoms with Gasteiger partial charge < -0.3 is 0 Å². The fourth-order valence-corrected chi connectivity index (χ4v) is 12.0. The molecule has 4 saturated carbocycles. The number of fused-ring (bicyclic) bond motifs is 20. The average molecular weight is 609 g/mol. The summed E-state index contributed by atoms with van der Waals surface area (Å²) in [6.45, 7) is 0. The molecule has 41 heavy (non-hydrogen) atoms. The van der Waals surface area contributed by atoms with Gasteiger partial charge in [0, 0.05) is 17.1 Å². The van der Waals surface area contributed by atoms with Crippen molar-refractivity contribution in [3.8, 4) is 0 Å². The summed E-state index contributed by atoms with van der Waals surface area (Å²) in [5.41, 5.74) is 0. The van der Waals surface area contributed by atoms with Crippen molar-refractivity contribution in [2.24, 2.45) is 47.3 Å². The summed E-state index contributed by atoms with van der Waals surface area (Å²) in [4.78, 5) is 0. The fourth-order valence-electron chi connectivity index (χ4n) is 12.0. The second-order valence-electron chi connectivity index (χ2n) is 15.6. The maximum absolute atomic E-state index is 4.26. The molecule has 5 aliphatic heterocycles. The molecule has 5 saturated heterocycles. The minimum atomic E-state index is 0. The Morgan fingerprint density at radius 1 is 0.220 bits per heavy atom. The van der Waals surface area contributed by atoms with Gasteiger partial charge in [0.05, 0.1) is 49.3 Å². The first-order valence-electron chi connectivity index (χ1n) is 17.9. The Labute approximate surface area is 258 Å². The SMILES string of the molecule is C1CCC2C3NC(NC4NC(NC5NC(NC6NC(N3)C3CCCCC63)C3CCCCC53)C3CCCCC43)C2C1.[Fe]. The molecule has 0 radical (unpaired) electrons. The van der Waals surface area contributed by atoms with Crippen LogP contribution in [0.2, 0.25) is 0 Å². The van der Waals surface area contributed by atoms with Crippen molar-refractivity contribution in [3.63, 3.8) is 0 Å².